The van der Waals surface area contributed by atoms with Crippen LogP contribution in [0.15, 0.2) is 4.99 Å². The summed E-state index contributed by atoms with van der Waals surface area (Å²) in [5.74, 6) is 1.84. The molecule has 0 aromatic rings. The molecule has 0 bridgehead atoms. The zero-order valence-corrected chi connectivity index (χ0v) is 15.1. The smallest absolute Gasteiger partial charge is 0.190 e. The number of hydrogen-bond donors (Lipinski definition) is 2. The van der Waals surface area contributed by atoms with Crippen LogP contribution in [0.1, 0.15) is 39.5 Å². The average Bonchev–Trinajstić information content (AvgIpc) is 2.43. The molecule has 1 aliphatic heterocycles. The molecule has 1 rings (SSSR count). The Balaban J connectivity index is 0.00000324. The van der Waals surface area contributed by atoms with Crippen molar-refractivity contribution >= 4 is 29.9 Å². The Morgan fingerprint density at radius 1 is 1.16 bits per heavy atom. The number of hydrogen-bond acceptors (Lipinski definition) is 2. The molecule has 0 saturated carbocycles. The van der Waals surface area contributed by atoms with Crippen molar-refractivity contribution in [1.29, 1.82) is 0 Å². The van der Waals surface area contributed by atoms with Gasteiger partial charge in [0.1, 0.15) is 0 Å². The van der Waals surface area contributed by atoms with Crippen LogP contribution in [-0.4, -0.2) is 50.6 Å². The van der Waals surface area contributed by atoms with E-state index in [0.29, 0.717) is 0 Å². The highest BCUT2D eigenvalue weighted by molar-refractivity contribution is 14.0. The van der Waals surface area contributed by atoms with Crippen LogP contribution in [-0.2, 0) is 0 Å². The van der Waals surface area contributed by atoms with Gasteiger partial charge in [-0.3, -0.25) is 4.99 Å². The molecule has 0 radical (unpaired) electrons. The van der Waals surface area contributed by atoms with Gasteiger partial charge >= 0.3 is 0 Å². The molecule has 0 aromatic carbocycles. The van der Waals surface area contributed by atoms with E-state index in [9.17, 15) is 0 Å². The number of nitrogens with one attached hydrogen (secondary N) is 2. The molecule has 4 nitrogen and oxygen atoms in total. The molecule has 5 heteroatoms. The number of guanidine groups is 1. The summed E-state index contributed by atoms with van der Waals surface area (Å²) in [5.41, 5.74) is 0. The number of piperidine rings is 1. The number of rotatable bonds is 6. The topological polar surface area (TPSA) is 39.7 Å². The van der Waals surface area contributed by atoms with Gasteiger partial charge in [-0.1, -0.05) is 13.8 Å². The van der Waals surface area contributed by atoms with Gasteiger partial charge in [-0.25, -0.2) is 0 Å². The number of nitrogens with zero attached hydrogens (tertiary/aromatic N) is 2. The minimum atomic E-state index is 0. The normalized spacial score (nSPS) is 17.9. The first-order valence-electron chi connectivity index (χ1n) is 7.47. The first-order valence-corrected chi connectivity index (χ1v) is 7.47. The lowest BCUT2D eigenvalue weighted by Crippen LogP contribution is -2.39. The van der Waals surface area contributed by atoms with Gasteiger partial charge in [-0.15, -0.1) is 24.0 Å². The van der Waals surface area contributed by atoms with E-state index >= 15 is 0 Å². The van der Waals surface area contributed by atoms with Crippen molar-refractivity contribution in [1.82, 2.24) is 15.5 Å². The maximum absolute atomic E-state index is 4.22. The zero-order chi connectivity index (χ0) is 13.2. The Kier molecular flexibility index (Phi) is 11.7. The third-order valence-electron chi connectivity index (χ3n) is 3.77. The second-order valence-corrected chi connectivity index (χ2v) is 5.09. The van der Waals surface area contributed by atoms with Gasteiger partial charge in [-0.05, 0) is 51.2 Å². The van der Waals surface area contributed by atoms with Crippen molar-refractivity contribution in [2.24, 2.45) is 10.9 Å². The molecule has 0 aliphatic carbocycles. The van der Waals surface area contributed by atoms with Crippen LogP contribution in [0.2, 0.25) is 0 Å². The molecular weight excluding hydrogens is 351 g/mol. The van der Waals surface area contributed by atoms with Gasteiger partial charge in [0.15, 0.2) is 5.96 Å². The van der Waals surface area contributed by atoms with E-state index in [2.05, 4.69) is 34.4 Å². The quantitative estimate of drug-likeness (QED) is 0.421. The lowest BCUT2D eigenvalue weighted by molar-refractivity contribution is 0.187. The molecule has 19 heavy (non-hydrogen) atoms. The highest BCUT2D eigenvalue weighted by atomic mass is 127. The Labute approximate surface area is 135 Å². The molecule has 1 heterocycles. The van der Waals surface area contributed by atoms with Crippen LogP contribution in [0.4, 0.5) is 0 Å². The monoisotopic (exact) mass is 382 g/mol. The van der Waals surface area contributed by atoms with Crippen molar-refractivity contribution in [3.8, 4) is 0 Å². The molecule has 1 aliphatic rings. The fraction of sp³-hybridized carbons (Fsp3) is 0.929. The summed E-state index contributed by atoms with van der Waals surface area (Å²) < 4.78 is 0. The molecule has 0 aromatic heterocycles. The lowest BCUT2D eigenvalue weighted by atomic mass is 9.93. The summed E-state index contributed by atoms with van der Waals surface area (Å²) in [6, 6.07) is 0. The van der Waals surface area contributed by atoms with Crippen molar-refractivity contribution < 1.29 is 0 Å². The number of likely N-dealkylation sites (tertiary alicyclic amines) is 1. The number of halogens is 1. The number of aliphatic imine (C=N–C) groups is 1. The molecule has 0 amide bonds. The van der Waals surface area contributed by atoms with Crippen LogP contribution < -0.4 is 10.6 Å². The van der Waals surface area contributed by atoms with E-state index in [4.69, 9.17) is 0 Å². The van der Waals surface area contributed by atoms with Crippen LogP contribution >= 0.6 is 24.0 Å². The van der Waals surface area contributed by atoms with Gasteiger partial charge in [0, 0.05) is 20.1 Å². The standard InChI is InChI=1S/C14H30N4.HI/c1-4-9-16-14(15-3)17-10-6-13-7-11-18(5-2)12-8-13;/h13H,4-12H2,1-3H3,(H2,15,16,17);1H. The predicted molar refractivity (Wildman–Crippen MR) is 94.5 cm³/mol. The van der Waals surface area contributed by atoms with Crippen molar-refractivity contribution in [2.45, 2.75) is 39.5 Å². The third-order valence-corrected chi connectivity index (χ3v) is 3.77. The molecule has 2 N–H and O–H groups in total. The van der Waals surface area contributed by atoms with Crippen LogP contribution in [0.3, 0.4) is 0 Å². The van der Waals surface area contributed by atoms with Gasteiger partial charge < -0.3 is 15.5 Å². The molecule has 0 unspecified atom stereocenters. The summed E-state index contributed by atoms with van der Waals surface area (Å²) in [5, 5.41) is 6.71. The van der Waals surface area contributed by atoms with Crippen LogP contribution in [0.25, 0.3) is 0 Å². The second-order valence-electron chi connectivity index (χ2n) is 5.09. The van der Waals surface area contributed by atoms with E-state index in [1.165, 1.54) is 38.9 Å². The third kappa shape index (κ3) is 7.97. The van der Waals surface area contributed by atoms with E-state index in [-0.39, 0.29) is 24.0 Å². The van der Waals surface area contributed by atoms with E-state index in [1.54, 1.807) is 0 Å². The van der Waals surface area contributed by atoms with E-state index in [0.717, 1.165) is 31.4 Å². The Hall–Kier alpha value is -0.0400. The second kappa shape index (κ2) is 11.8. The van der Waals surface area contributed by atoms with Gasteiger partial charge in [0.2, 0.25) is 0 Å². The van der Waals surface area contributed by atoms with Gasteiger partial charge in [0.25, 0.3) is 0 Å². The minimum Gasteiger partial charge on any atom is -0.356 e. The Morgan fingerprint density at radius 2 is 1.79 bits per heavy atom. The Bertz CT molecular complexity index is 238. The fourth-order valence-electron chi connectivity index (χ4n) is 2.45. The molecule has 1 saturated heterocycles. The first-order chi connectivity index (χ1) is 8.80. The van der Waals surface area contributed by atoms with Gasteiger partial charge in [-0.2, -0.15) is 0 Å². The summed E-state index contributed by atoms with van der Waals surface area (Å²) in [7, 11) is 1.84. The van der Waals surface area contributed by atoms with Gasteiger partial charge in [0.05, 0.1) is 0 Å². The molecule has 1 fully saturated rings. The highest BCUT2D eigenvalue weighted by Gasteiger charge is 2.17. The Morgan fingerprint density at radius 3 is 2.32 bits per heavy atom. The lowest BCUT2D eigenvalue weighted by Gasteiger charge is -2.31. The SMILES string of the molecule is CCCNC(=NC)NCCC1CCN(CC)CC1.I. The summed E-state index contributed by atoms with van der Waals surface area (Å²) in [4.78, 5) is 6.77. The maximum Gasteiger partial charge on any atom is 0.190 e. The summed E-state index contributed by atoms with van der Waals surface area (Å²) >= 11 is 0. The van der Waals surface area contributed by atoms with Crippen molar-refractivity contribution in [3.05, 3.63) is 0 Å². The zero-order valence-electron chi connectivity index (χ0n) is 12.7. The maximum atomic E-state index is 4.22. The summed E-state index contributed by atoms with van der Waals surface area (Å²) in [6.45, 7) is 10.2. The first kappa shape index (κ1) is 19.0. The molecule has 0 atom stereocenters. The average molecular weight is 382 g/mol. The van der Waals surface area contributed by atoms with Crippen LogP contribution in [0, 0.1) is 5.92 Å². The highest BCUT2D eigenvalue weighted by Crippen LogP contribution is 2.19. The van der Waals surface area contributed by atoms with Crippen LogP contribution in [0.5, 0.6) is 0 Å². The van der Waals surface area contributed by atoms with E-state index < -0.39 is 0 Å². The fourth-order valence-corrected chi connectivity index (χ4v) is 2.45. The van der Waals surface area contributed by atoms with Crippen molar-refractivity contribution in [2.75, 3.05) is 39.8 Å². The van der Waals surface area contributed by atoms with E-state index in [1.807, 2.05) is 7.05 Å². The molecule has 114 valence electrons. The minimum absolute atomic E-state index is 0. The summed E-state index contributed by atoms with van der Waals surface area (Å²) in [6.07, 6.45) is 5.12. The van der Waals surface area contributed by atoms with Crippen molar-refractivity contribution in [3.63, 3.8) is 0 Å². The predicted octanol–water partition coefficient (Wildman–Crippen LogP) is 2.30. The largest absolute Gasteiger partial charge is 0.356 e. The molecular formula is C14H31IN4. The molecule has 0 spiro atoms.